The van der Waals surface area contributed by atoms with Crippen LogP contribution >= 0.6 is 0 Å². The monoisotopic (exact) mass is 384 g/mol. The summed E-state index contributed by atoms with van der Waals surface area (Å²) >= 11 is 0. The third-order valence-corrected chi connectivity index (χ3v) is 4.77. The Balaban J connectivity index is 1.71. The third-order valence-electron chi connectivity index (χ3n) is 4.77. The molecule has 0 fully saturated rings. The first kappa shape index (κ1) is 18.5. The van der Waals surface area contributed by atoms with E-state index in [0.717, 1.165) is 16.9 Å². The van der Waals surface area contributed by atoms with E-state index in [1.165, 1.54) is 10.7 Å². The van der Waals surface area contributed by atoms with Crippen molar-refractivity contribution in [1.82, 2.24) is 14.6 Å². The van der Waals surface area contributed by atoms with Crippen LogP contribution in [0.4, 0.5) is 0 Å². The zero-order valence-electron chi connectivity index (χ0n) is 16.2. The van der Waals surface area contributed by atoms with Crippen molar-refractivity contribution >= 4 is 5.65 Å². The summed E-state index contributed by atoms with van der Waals surface area (Å²) in [5.41, 5.74) is 3.58. The first-order valence-electron chi connectivity index (χ1n) is 9.39. The number of benzene rings is 2. The van der Waals surface area contributed by atoms with Gasteiger partial charge in [0.1, 0.15) is 24.0 Å². The molecule has 0 aliphatic heterocycles. The highest BCUT2D eigenvalue weighted by Crippen LogP contribution is 2.28. The Labute approximate surface area is 168 Å². The smallest absolute Gasteiger partial charge is 0.276 e. The van der Waals surface area contributed by atoms with Crippen LogP contribution in [0.2, 0.25) is 0 Å². The molecule has 0 radical (unpaired) electrons. The minimum Gasteiger partial charge on any atom is -0.489 e. The molecule has 2 heterocycles. The van der Waals surface area contributed by atoms with Crippen LogP contribution in [-0.2, 0) is 6.61 Å². The van der Waals surface area contributed by atoms with Gasteiger partial charge in [-0.3, -0.25) is 9.89 Å². The number of hydrogen-bond donors (Lipinski definition) is 1. The highest BCUT2D eigenvalue weighted by molar-refractivity contribution is 5.68. The fourth-order valence-electron chi connectivity index (χ4n) is 3.30. The normalized spacial score (nSPS) is 11.0. The molecule has 144 valence electrons. The molecule has 1 N–H and O–H groups in total. The quantitative estimate of drug-likeness (QED) is 0.557. The van der Waals surface area contributed by atoms with E-state index in [1.807, 2.05) is 68.4 Å². The number of nitrogens with one attached hydrogen (secondary N) is 1. The highest BCUT2D eigenvalue weighted by atomic mass is 16.5. The Hall–Kier alpha value is -3.85. The second-order valence-corrected chi connectivity index (χ2v) is 7.09. The van der Waals surface area contributed by atoms with Crippen LogP contribution < -0.4 is 10.3 Å². The predicted molar refractivity (Wildman–Crippen MR) is 111 cm³/mol. The van der Waals surface area contributed by atoms with Crippen LogP contribution in [0.3, 0.4) is 0 Å². The molecule has 0 spiro atoms. The zero-order valence-corrected chi connectivity index (χ0v) is 16.2. The molecule has 6 nitrogen and oxygen atoms in total. The predicted octanol–water partition coefficient (Wildman–Crippen LogP) is 4.26. The van der Waals surface area contributed by atoms with Crippen molar-refractivity contribution in [2.24, 2.45) is 0 Å². The Morgan fingerprint density at radius 3 is 2.52 bits per heavy atom. The molecule has 29 heavy (non-hydrogen) atoms. The van der Waals surface area contributed by atoms with E-state index >= 15 is 0 Å². The van der Waals surface area contributed by atoms with Gasteiger partial charge >= 0.3 is 0 Å². The van der Waals surface area contributed by atoms with Crippen LogP contribution in [0.1, 0.15) is 36.5 Å². The topological polar surface area (TPSA) is 83.2 Å². The zero-order chi connectivity index (χ0) is 20.4. The molecule has 4 rings (SSSR count). The second-order valence-electron chi connectivity index (χ2n) is 7.09. The lowest BCUT2D eigenvalue weighted by atomic mass is 9.98. The molecular formula is C23H20N4O2. The van der Waals surface area contributed by atoms with Crippen molar-refractivity contribution in [1.29, 1.82) is 5.26 Å². The van der Waals surface area contributed by atoms with E-state index in [9.17, 15) is 10.1 Å². The Kier molecular flexibility index (Phi) is 4.88. The molecule has 0 bridgehead atoms. The van der Waals surface area contributed by atoms with Gasteiger partial charge in [-0.25, -0.2) is 9.50 Å². The SMILES string of the molecule is CC(C)c1c(-c2ccc(OCc3ccccc3)cc2)nc2c(C#N)c[nH]n2c1=O. The van der Waals surface area contributed by atoms with Gasteiger partial charge in [0, 0.05) is 17.3 Å². The molecular weight excluding hydrogens is 364 g/mol. The molecule has 2 aromatic carbocycles. The summed E-state index contributed by atoms with van der Waals surface area (Å²) in [7, 11) is 0. The standard InChI is InChI=1S/C23H20N4O2/c1-15(2)20-21(26-22-18(12-24)13-25-27(22)23(20)28)17-8-10-19(11-9-17)29-14-16-6-4-3-5-7-16/h3-11,13,15,25H,14H2,1-2H3. The molecule has 0 unspecified atom stereocenters. The number of nitrogens with zero attached hydrogens (tertiary/aromatic N) is 3. The molecule has 6 heteroatoms. The fourth-order valence-corrected chi connectivity index (χ4v) is 3.30. The maximum absolute atomic E-state index is 13.0. The number of rotatable bonds is 5. The number of ether oxygens (including phenoxy) is 1. The first-order valence-corrected chi connectivity index (χ1v) is 9.39. The maximum Gasteiger partial charge on any atom is 0.276 e. The number of hydrogen-bond acceptors (Lipinski definition) is 4. The minimum absolute atomic E-state index is 0.0234. The molecule has 0 atom stereocenters. The summed E-state index contributed by atoms with van der Waals surface area (Å²) in [5, 5.41) is 12.1. The Morgan fingerprint density at radius 1 is 1.14 bits per heavy atom. The second kappa shape index (κ2) is 7.64. The van der Waals surface area contributed by atoms with E-state index in [2.05, 4.69) is 16.2 Å². The van der Waals surface area contributed by atoms with Crippen molar-refractivity contribution in [2.45, 2.75) is 26.4 Å². The van der Waals surface area contributed by atoms with E-state index in [1.54, 1.807) is 0 Å². The lowest BCUT2D eigenvalue weighted by molar-refractivity contribution is 0.306. The van der Waals surface area contributed by atoms with E-state index in [4.69, 9.17) is 4.74 Å². The molecule has 0 aliphatic carbocycles. The van der Waals surface area contributed by atoms with Gasteiger partial charge in [0.2, 0.25) is 0 Å². The van der Waals surface area contributed by atoms with Gasteiger partial charge in [-0.2, -0.15) is 5.26 Å². The van der Waals surface area contributed by atoms with Crippen molar-refractivity contribution in [3.63, 3.8) is 0 Å². The van der Waals surface area contributed by atoms with Crippen molar-refractivity contribution < 1.29 is 4.74 Å². The van der Waals surface area contributed by atoms with Crippen LogP contribution in [0.15, 0.2) is 65.6 Å². The number of fused-ring (bicyclic) bond motifs is 1. The number of nitriles is 1. The first-order chi connectivity index (χ1) is 14.1. The van der Waals surface area contributed by atoms with Crippen LogP contribution in [-0.4, -0.2) is 14.6 Å². The van der Waals surface area contributed by atoms with E-state index in [-0.39, 0.29) is 11.5 Å². The largest absolute Gasteiger partial charge is 0.489 e. The number of aromatic amines is 1. The van der Waals surface area contributed by atoms with Crippen LogP contribution in [0, 0.1) is 11.3 Å². The van der Waals surface area contributed by atoms with E-state index < -0.39 is 0 Å². The van der Waals surface area contributed by atoms with Gasteiger partial charge in [0.05, 0.1) is 5.69 Å². The summed E-state index contributed by atoms with van der Waals surface area (Å²) in [5.74, 6) is 0.714. The molecule has 4 aromatic rings. The Bertz CT molecular complexity index is 1250. The number of aromatic nitrogens is 3. The molecule has 0 saturated carbocycles. The molecule has 0 aliphatic rings. The molecule has 2 aromatic heterocycles. The van der Waals surface area contributed by atoms with Crippen LogP contribution in [0.5, 0.6) is 5.75 Å². The van der Waals surface area contributed by atoms with Crippen molar-refractivity contribution in [3.05, 3.63) is 87.8 Å². The van der Waals surface area contributed by atoms with E-state index in [0.29, 0.717) is 29.1 Å². The minimum atomic E-state index is -0.189. The lowest BCUT2D eigenvalue weighted by Crippen LogP contribution is -2.22. The van der Waals surface area contributed by atoms with Gasteiger partial charge in [-0.1, -0.05) is 44.2 Å². The summed E-state index contributed by atoms with van der Waals surface area (Å²) in [6.07, 6.45) is 1.50. The van der Waals surface area contributed by atoms with Gasteiger partial charge in [0.25, 0.3) is 5.56 Å². The summed E-state index contributed by atoms with van der Waals surface area (Å²) in [4.78, 5) is 17.6. The van der Waals surface area contributed by atoms with Crippen LogP contribution in [0.25, 0.3) is 16.9 Å². The summed E-state index contributed by atoms with van der Waals surface area (Å²) in [6.45, 7) is 4.40. The molecule has 0 amide bonds. The summed E-state index contributed by atoms with van der Waals surface area (Å²) < 4.78 is 7.17. The third kappa shape index (κ3) is 3.50. The van der Waals surface area contributed by atoms with Gasteiger partial charge < -0.3 is 4.74 Å². The molecule has 0 saturated heterocycles. The highest BCUT2D eigenvalue weighted by Gasteiger charge is 2.19. The van der Waals surface area contributed by atoms with Gasteiger partial charge in [0.15, 0.2) is 5.65 Å². The number of H-pyrrole nitrogens is 1. The van der Waals surface area contributed by atoms with Gasteiger partial charge in [-0.05, 0) is 35.7 Å². The lowest BCUT2D eigenvalue weighted by Gasteiger charge is -2.13. The summed E-state index contributed by atoms with van der Waals surface area (Å²) in [6, 6.07) is 19.5. The average Bonchev–Trinajstić information content (AvgIpc) is 3.16. The van der Waals surface area contributed by atoms with Crippen molar-refractivity contribution in [3.8, 4) is 23.1 Å². The maximum atomic E-state index is 13.0. The average molecular weight is 384 g/mol. The van der Waals surface area contributed by atoms with Crippen molar-refractivity contribution in [2.75, 3.05) is 0 Å². The fraction of sp³-hybridized carbons (Fsp3) is 0.174. The Morgan fingerprint density at radius 2 is 1.86 bits per heavy atom. The van der Waals surface area contributed by atoms with Gasteiger partial charge in [-0.15, -0.1) is 0 Å².